The second-order valence-corrected chi connectivity index (χ2v) is 4.61. The van der Waals surface area contributed by atoms with E-state index in [4.69, 9.17) is 0 Å². The summed E-state index contributed by atoms with van der Waals surface area (Å²) in [6.45, 7) is 2.53. The molecule has 4 heteroatoms. The van der Waals surface area contributed by atoms with Crippen LogP contribution < -0.4 is 10.6 Å². The predicted octanol–water partition coefficient (Wildman–Crippen LogP) is 2.68. The fourth-order valence-corrected chi connectivity index (χ4v) is 1.92. The van der Waals surface area contributed by atoms with Gasteiger partial charge in [-0.15, -0.1) is 0 Å². The lowest BCUT2D eigenvalue weighted by molar-refractivity contribution is 0.238. The number of rotatable bonds is 5. The number of hydrogen-bond donors (Lipinski definition) is 2. The number of carbonyl (C=O) groups excluding carboxylic acids is 1. The van der Waals surface area contributed by atoms with Gasteiger partial charge in [0.05, 0.1) is 11.7 Å². The van der Waals surface area contributed by atoms with Crippen molar-refractivity contribution >= 4 is 6.03 Å². The molecule has 1 aromatic heterocycles. The van der Waals surface area contributed by atoms with Crippen LogP contribution in [0.25, 0.3) is 0 Å². The smallest absolute Gasteiger partial charge is 0.315 e. The van der Waals surface area contributed by atoms with Gasteiger partial charge in [-0.05, 0) is 31.0 Å². The number of nitrogens with zero attached hydrogens (tertiary/aromatic N) is 1. The number of carbonyl (C=O) groups is 1. The van der Waals surface area contributed by atoms with Crippen LogP contribution in [0.2, 0.25) is 0 Å². The predicted molar refractivity (Wildman–Crippen MR) is 79.3 cm³/mol. The van der Waals surface area contributed by atoms with Crippen molar-refractivity contribution in [3.63, 3.8) is 0 Å². The Balaban J connectivity index is 1.73. The van der Waals surface area contributed by atoms with Gasteiger partial charge >= 0.3 is 6.03 Å². The normalized spacial score (nSPS) is 11.7. The Labute approximate surface area is 119 Å². The lowest BCUT2D eigenvalue weighted by Crippen LogP contribution is -2.38. The average molecular weight is 269 g/mol. The molecule has 0 radical (unpaired) electrons. The number of amides is 2. The standard InChI is InChI=1S/C16H19N3O/c1-13(15-9-5-6-11-17-15)19-16(20)18-12-10-14-7-3-2-4-8-14/h2-9,11,13H,10,12H2,1H3,(H2,18,19,20)/t13-/m0/s1. The first-order chi connectivity index (χ1) is 9.75. The highest BCUT2D eigenvalue weighted by Gasteiger charge is 2.09. The van der Waals surface area contributed by atoms with E-state index >= 15 is 0 Å². The van der Waals surface area contributed by atoms with E-state index < -0.39 is 0 Å². The first-order valence-electron chi connectivity index (χ1n) is 6.75. The van der Waals surface area contributed by atoms with Crippen LogP contribution >= 0.6 is 0 Å². The second kappa shape index (κ2) is 7.28. The van der Waals surface area contributed by atoms with Crippen molar-refractivity contribution in [2.24, 2.45) is 0 Å². The van der Waals surface area contributed by atoms with Crippen LogP contribution in [-0.2, 0) is 6.42 Å². The first kappa shape index (κ1) is 14.1. The van der Waals surface area contributed by atoms with Gasteiger partial charge in [0.15, 0.2) is 0 Å². The zero-order chi connectivity index (χ0) is 14.2. The zero-order valence-electron chi connectivity index (χ0n) is 11.5. The molecule has 0 unspecified atom stereocenters. The Morgan fingerprint density at radius 2 is 1.90 bits per heavy atom. The summed E-state index contributed by atoms with van der Waals surface area (Å²) in [6.07, 6.45) is 2.55. The van der Waals surface area contributed by atoms with E-state index in [1.165, 1.54) is 5.56 Å². The summed E-state index contributed by atoms with van der Waals surface area (Å²) in [5, 5.41) is 5.72. The number of aromatic nitrogens is 1. The number of nitrogens with one attached hydrogen (secondary N) is 2. The zero-order valence-corrected chi connectivity index (χ0v) is 11.5. The first-order valence-corrected chi connectivity index (χ1v) is 6.75. The van der Waals surface area contributed by atoms with Gasteiger partial charge in [-0.25, -0.2) is 4.79 Å². The molecule has 0 aliphatic carbocycles. The summed E-state index contributed by atoms with van der Waals surface area (Å²) in [5.41, 5.74) is 2.07. The van der Waals surface area contributed by atoms with Crippen LogP contribution in [0.5, 0.6) is 0 Å². The Hall–Kier alpha value is -2.36. The Morgan fingerprint density at radius 1 is 1.15 bits per heavy atom. The molecule has 0 fully saturated rings. The summed E-state index contributed by atoms with van der Waals surface area (Å²) in [4.78, 5) is 16.0. The maximum Gasteiger partial charge on any atom is 0.315 e. The molecule has 2 amide bonds. The van der Waals surface area contributed by atoms with E-state index in [2.05, 4.69) is 27.8 Å². The lowest BCUT2D eigenvalue weighted by atomic mass is 10.1. The van der Waals surface area contributed by atoms with Crippen molar-refractivity contribution in [1.82, 2.24) is 15.6 Å². The van der Waals surface area contributed by atoms with Crippen molar-refractivity contribution < 1.29 is 4.79 Å². The highest BCUT2D eigenvalue weighted by molar-refractivity contribution is 5.74. The van der Waals surface area contributed by atoms with Gasteiger partial charge < -0.3 is 10.6 Å². The molecule has 0 aliphatic heterocycles. The Morgan fingerprint density at radius 3 is 2.60 bits per heavy atom. The SMILES string of the molecule is C[C@H](NC(=O)NCCc1ccccc1)c1ccccn1. The van der Waals surface area contributed by atoms with Gasteiger partial charge in [-0.2, -0.15) is 0 Å². The van der Waals surface area contributed by atoms with Crippen molar-refractivity contribution in [3.05, 3.63) is 66.0 Å². The second-order valence-electron chi connectivity index (χ2n) is 4.61. The Kier molecular flexibility index (Phi) is 5.12. The minimum Gasteiger partial charge on any atom is -0.338 e. The number of benzene rings is 1. The van der Waals surface area contributed by atoms with Gasteiger partial charge in [-0.3, -0.25) is 4.98 Å². The molecule has 0 saturated heterocycles. The summed E-state index contributed by atoms with van der Waals surface area (Å²) in [7, 11) is 0. The van der Waals surface area contributed by atoms with Crippen molar-refractivity contribution in [2.45, 2.75) is 19.4 Å². The van der Waals surface area contributed by atoms with Crippen LogP contribution in [-0.4, -0.2) is 17.6 Å². The number of urea groups is 1. The fraction of sp³-hybridized carbons (Fsp3) is 0.250. The van der Waals surface area contributed by atoms with Crippen LogP contribution in [0.4, 0.5) is 4.79 Å². The molecule has 0 spiro atoms. The third kappa shape index (κ3) is 4.39. The van der Waals surface area contributed by atoms with Crippen molar-refractivity contribution in [1.29, 1.82) is 0 Å². The van der Waals surface area contributed by atoms with E-state index in [0.29, 0.717) is 6.54 Å². The molecule has 1 heterocycles. The van der Waals surface area contributed by atoms with E-state index in [9.17, 15) is 4.79 Å². The maximum atomic E-state index is 11.8. The molecule has 1 aromatic carbocycles. The topological polar surface area (TPSA) is 54.0 Å². The highest BCUT2D eigenvalue weighted by atomic mass is 16.2. The van der Waals surface area contributed by atoms with Crippen LogP contribution in [0.15, 0.2) is 54.7 Å². The van der Waals surface area contributed by atoms with Gasteiger partial charge in [-0.1, -0.05) is 36.4 Å². The average Bonchev–Trinajstić information content (AvgIpc) is 2.49. The molecule has 1 atom stereocenters. The molecule has 2 aromatic rings. The maximum absolute atomic E-state index is 11.8. The summed E-state index contributed by atoms with van der Waals surface area (Å²) in [5.74, 6) is 0. The largest absolute Gasteiger partial charge is 0.338 e. The third-order valence-electron chi connectivity index (χ3n) is 3.02. The molecule has 4 nitrogen and oxygen atoms in total. The van der Waals surface area contributed by atoms with Gasteiger partial charge in [0, 0.05) is 12.7 Å². The van der Waals surface area contributed by atoms with E-state index in [1.807, 2.05) is 43.3 Å². The van der Waals surface area contributed by atoms with Crippen molar-refractivity contribution in [3.8, 4) is 0 Å². The highest BCUT2D eigenvalue weighted by Crippen LogP contribution is 2.07. The fourth-order valence-electron chi connectivity index (χ4n) is 1.92. The minimum absolute atomic E-state index is 0.104. The molecule has 104 valence electrons. The minimum atomic E-state index is -0.168. The van der Waals surface area contributed by atoms with Gasteiger partial charge in [0.1, 0.15) is 0 Å². The summed E-state index contributed by atoms with van der Waals surface area (Å²) in [6, 6.07) is 15.5. The molecule has 0 bridgehead atoms. The summed E-state index contributed by atoms with van der Waals surface area (Å²) >= 11 is 0. The molecule has 20 heavy (non-hydrogen) atoms. The van der Waals surface area contributed by atoms with Gasteiger partial charge in [0.25, 0.3) is 0 Å². The van der Waals surface area contributed by atoms with Crippen LogP contribution in [0.3, 0.4) is 0 Å². The number of hydrogen-bond acceptors (Lipinski definition) is 2. The molecule has 0 saturated carbocycles. The molecule has 2 N–H and O–H groups in total. The lowest BCUT2D eigenvalue weighted by Gasteiger charge is -2.14. The number of pyridine rings is 1. The van der Waals surface area contributed by atoms with Crippen LogP contribution in [0, 0.1) is 0 Å². The van der Waals surface area contributed by atoms with Crippen molar-refractivity contribution in [2.75, 3.05) is 6.54 Å². The molecular weight excluding hydrogens is 250 g/mol. The molecule has 2 rings (SSSR count). The quantitative estimate of drug-likeness (QED) is 0.876. The van der Waals surface area contributed by atoms with E-state index in [-0.39, 0.29) is 12.1 Å². The van der Waals surface area contributed by atoms with Crippen LogP contribution in [0.1, 0.15) is 24.2 Å². The van der Waals surface area contributed by atoms with E-state index in [0.717, 1.165) is 12.1 Å². The van der Waals surface area contributed by atoms with Gasteiger partial charge in [0.2, 0.25) is 0 Å². The monoisotopic (exact) mass is 269 g/mol. The Bertz CT molecular complexity index is 528. The third-order valence-corrected chi connectivity index (χ3v) is 3.02. The van der Waals surface area contributed by atoms with E-state index in [1.54, 1.807) is 6.20 Å². The molecular formula is C16H19N3O. The summed E-state index contributed by atoms with van der Waals surface area (Å²) < 4.78 is 0. The molecule has 0 aliphatic rings.